The van der Waals surface area contributed by atoms with Crippen LogP contribution in [0.15, 0.2) is 29.2 Å². The van der Waals surface area contributed by atoms with Gasteiger partial charge in [-0.2, -0.15) is 8.42 Å². The topological polar surface area (TPSA) is 96.0 Å². The van der Waals surface area contributed by atoms with Crippen LogP contribution in [-0.4, -0.2) is 39.7 Å². The normalized spacial score (nSPS) is 13.6. The molecule has 1 aromatic rings. The van der Waals surface area contributed by atoms with Crippen LogP contribution in [0.1, 0.15) is 40.0 Å². The van der Waals surface area contributed by atoms with Gasteiger partial charge in [-0.1, -0.05) is 32.4 Å². The van der Waals surface area contributed by atoms with Gasteiger partial charge in [0.1, 0.15) is 0 Å². The van der Waals surface area contributed by atoms with Crippen molar-refractivity contribution >= 4 is 33.7 Å². The maximum Gasteiger partial charge on any atom is 0.337 e. The summed E-state index contributed by atoms with van der Waals surface area (Å²) in [4.78, 5) is 24.5. The summed E-state index contributed by atoms with van der Waals surface area (Å²) in [6.07, 6.45) is -0.354. The van der Waals surface area contributed by atoms with Crippen LogP contribution in [0.4, 0.5) is 0 Å². The third-order valence-electron chi connectivity index (χ3n) is 3.57. The van der Waals surface area contributed by atoms with Crippen LogP contribution in [0.25, 0.3) is 0 Å². The molecule has 0 bridgehead atoms. The molecule has 0 unspecified atom stereocenters. The molecule has 9 heteroatoms. The molecule has 1 aromatic carbocycles. The number of ether oxygens (including phenoxy) is 2. The third-order valence-corrected chi connectivity index (χ3v) is 5.13. The molecule has 0 aromatic heterocycles. The predicted molar refractivity (Wildman–Crippen MR) is 99.8 cm³/mol. The van der Waals surface area contributed by atoms with Crippen LogP contribution in [0.3, 0.4) is 0 Å². The molecule has 0 aliphatic heterocycles. The van der Waals surface area contributed by atoms with E-state index in [2.05, 4.69) is 0 Å². The Balaban J connectivity index is 3.14. The van der Waals surface area contributed by atoms with Gasteiger partial charge in [0.15, 0.2) is 6.10 Å². The number of halogens is 1. The molecule has 0 N–H and O–H groups in total. The Labute approximate surface area is 165 Å². The molecule has 0 aliphatic carbocycles. The van der Waals surface area contributed by atoms with E-state index in [1.165, 1.54) is 24.3 Å². The number of rotatable bonds is 11. The summed E-state index contributed by atoms with van der Waals surface area (Å²) in [6.45, 7) is 5.50. The van der Waals surface area contributed by atoms with Crippen molar-refractivity contribution < 1.29 is 31.7 Å². The quantitative estimate of drug-likeness (QED) is 0.400. The second-order valence-electron chi connectivity index (χ2n) is 5.77. The summed E-state index contributed by atoms with van der Waals surface area (Å²) in [7, 11) is -4.32. The van der Waals surface area contributed by atoms with E-state index in [1.54, 1.807) is 13.8 Å². The predicted octanol–water partition coefficient (Wildman–Crippen LogP) is 3.35. The molecule has 152 valence electrons. The number of hydrogen-bond donors (Lipinski definition) is 0. The van der Waals surface area contributed by atoms with Crippen molar-refractivity contribution in [3.63, 3.8) is 0 Å². The first-order valence-electron chi connectivity index (χ1n) is 8.78. The zero-order valence-corrected chi connectivity index (χ0v) is 17.2. The van der Waals surface area contributed by atoms with Crippen LogP contribution >= 0.6 is 11.6 Å². The Hall–Kier alpha value is -1.64. The van der Waals surface area contributed by atoms with E-state index in [4.69, 9.17) is 25.3 Å². The van der Waals surface area contributed by atoms with Gasteiger partial charge in [0.2, 0.25) is 0 Å². The molecule has 2 atom stereocenters. The van der Waals surface area contributed by atoms with E-state index < -0.39 is 34.1 Å². The fourth-order valence-electron chi connectivity index (χ4n) is 2.16. The summed E-state index contributed by atoms with van der Waals surface area (Å²) in [5, 5.41) is 0.349. The summed E-state index contributed by atoms with van der Waals surface area (Å²) in [5.74, 6) is -2.73. The zero-order valence-electron chi connectivity index (χ0n) is 15.6. The van der Waals surface area contributed by atoms with E-state index in [1.807, 2.05) is 6.92 Å². The fraction of sp³-hybridized carbons (Fsp3) is 0.556. The molecule has 0 saturated carbocycles. The Morgan fingerprint density at radius 3 is 1.96 bits per heavy atom. The summed E-state index contributed by atoms with van der Waals surface area (Å²) < 4.78 is 40.4. The average molecular weight is 421 g/mol. The van der Waals surface area contributed by atoms with Crippen LogP contribution in [0.2, 0.25) is 5.02 Å². The lowest BCUT2D eigenvalue weighted by atomic mass is 10.00. The molecule has 1 rings (SSSR count). The van der Waals surface area contributed by atoms with Crippen molar-refractivity contribution in [1.82, 2.24) is 0 Å². The lowest BCUT2D eigenvalue weighted by Gasteiger charge is -2.23. The van der Waals surface area contributed by atoms with Crippen LogP contribution < -0.4 is 0 Å². The Morgan fingerprint density at radius 2 is 1.48 bits per heavy atom. The Morgan fingerprint density at radius 1 is 0.963 bits per heavy atom. The van der Waals surface area contributed by atoms with Crippen molar-refractivity contribution in [3.8, 4) is 0 Å². The second kappa shape index (κ2) is 11.3. The highest BCUT2D eigenvalue weighted by molar-refractivity contribution is 7.86. The molecule has 0 radical (unpaired) electrons. The maximum absolute atomic E-state index is 12.6. The van der Waals surface area contributed by atoms with Gasteiger partial charge >= 0.3 is 11.9 Å². The third kappa shape index (κ3) is 7.12. The highest BCUT2D eigenvalue weighted by atomic mass is 35.5. The smallest absolute Gasteiger partial charge is 0.337 e. The molecular formula is C18H25ClO7S. The van der Waals surface area contributed by atoms with E-state index in [-0.39, 0.29) is 24.5 Å². The van der Waals surface area contributed by atoms with Gasteiger partial charge in [-0.05, 0) is 43.5 Å². The minimum atomic E-state index is -4.32. The number of carbonyl (C=O) groups excluding carboxylic acids is 2. The SMILES string of the molecule is CCCOC(=O)[C@@H](CC)[C@@H](OS(=O)(=O)c1ccc(Cl)cc1)C(=O)OCCC. The molecule has 0 aliphatic rings. The van der Waals surface area contributed by atoms with E-state index in [9.17, 15) is 18.0 Å². The minimum Gasteiger partial charge on any atom is -0.465 e. The number of benzene rings is 1. The van der Waals surface area contributed by atoms with Crippen LogP contribution in [0.5, 0.6) is 0 Å². The van der Waals surface area contributed by atoms with Gasteiger partial charge in [0, 0.05) is 5.02 Å². The second-order valence-corrected chi connectivity index (χ2v) is 7.78. The van der Waals surface area contributed by atoms with Gasteiger partial charge in [0.25, 0.3) is 10.1 Å². The molecule has 27 heavy (non-hydrogen) atoms. The number of esters is 2. The Kier molecular flexibility index (Phi) is 9.76. The van der Waals surface area contributed by atoms with Crippen molar-refractivity contribution in [2.45, 2.75) is 51.0 Å². The van der Waals surface area contributed by atoms with E-state index >= 15 is 0 Å². The lowest BCUT2D eigenvalue weighted by molar-refractivity contribution is -0.164. The largest absolute Gasteiger partial charge is 0.465 e. The monoisotopic (exact) mass is 420 g/mol. The van der Waals surface area contributed by atoms with Crippen LogP contribution in [-0.2, 0) is 33.4 Å². The van der Waals surface area contributed by atoms with Crippen LogP contribution in [0, 0.1) is 5.92 Å². The van der Waals surface area contributed by atoms with Crippen molar-refractivity contribution in [3.05, 3.63) is 29.3 Å². The van der Waals surface area contributed by atoms with Gasteiger partial charge in [-0.3, -0.25) is 8.98 Å². The summed E-state index contributed by atoms with van der Waals surface area (Å²) >= 11 is 5.77. The molecule has 0 spiro atoms. The highest BCUT2D eigenvalue weighted by Crippen LogP contribution is 2.23. The van der Waals surface area contributed by atoms with Crippen molar-refractivity contribution in [1.29, 1.82) is 0 Å². The standard InChI is InChI=1S/C18H25ClO7S/c1-4-11-24-17(20)15(6-3)16(18(21)25-12-5-2)26-27(22,23)14-9-7-13(19)8-10-14/h7-10,15-16H,4-6,11-12H2,1-3H3/t15-,16+/m0/s1. The summed E-state index contributed by atoms with van der Waals surface area (Å²) in [6, 6.07) is 5.27. The zero-order chi connectivity index (χ0) is 20.4. The first-order valence-corrected chi connectivity index (χ1v) is 10.6. The molecule has 0 fully saturated rings. The molecular weight excluding hydrogens is 396 g/mol. The first-order chi connectivity index (χ1) is 12.8. The van der Waals surface area contributed by atoms with Crippen molar-refractivity contribution in [2.75, 3.05) is 13.2 Å². The molecule has 7 nitrogen and oxygen atoms in total. The van der Waals surface area contributed by atoms with Gasteiger partial charge < -0.3 is 9.47 Å². The fourth-order valence-corrected chi connectivity index (χ4v) is 3.35. The summed E-state index contributed by atoms with van der Waals surface area (Å²) in [5.41, 5.74) is 0. The highest BCUT2D eigenvalue weighted by Gasteiger charge is 2.39. The lowest BCUT2D eigenvalue weighted by Crippen LogP contribution is -2.40. The van der Waals surface area contributed by atoms with E-state index in [0.717, 1.165) is 0 Å². The first kappa shape index (κ1) is 23.4. The molecule has 0 heterocycles. The van der Waals surface area contributed by atoms with E-state index in [0.29, 0.717) is 17.9 Å². The van der Waals surface area contributed by atoms with Gasteiger partial charge in [-0.15, -0.1) is 0 Å². The van der Waals surface area contributed by atoms with Gasteiger partial charge in [0.05, 0.1) is 24.0 Å². The number of carbonyl (C=O) groups is 2. The minimum absolute atomic E-state index is 0.0835. The molecule has 0 saturated heterocycles. The Bertz CT molecular complexity index is 716. The average Bonchev–Trinajstić information content (AvgIpc) is 2.64. The van der Waals surface area contributed by atoms with Crippen molar-refractivity contribution in [2.24, 2.45) is 5.92 Å². The molecule has 0 amide bonds. The maximum atomic E-state index is 12.6. The number of hydrogen-bond acceptors (Lipinski definition) is 7. The van der Waals surface area contributed by atoms with Gasteiger partial charge in [-0.25, -0.2) is 4.79 Å².